The Morgan fingerprint density at radius 2 is 1.70 bits per heavy atom. The summed E-state index contributed by atoms with van der Waals surface area (Å²) in [5.74, 6) is 0.00543. The average molecular weight is 462 g/mol. The third-order valence-corrected chi connectivity index (χ3v) is 5.88. The molecule has 7 heteroatoms. The molecule has 0 aliphatic rings. The first-order valence-corrected chi connectivity index (χ1v) is 10.9. The van der Waals surface area contributed by atoms with Crippen molar-refractivity contribution in [2.24, 2.45) is 0 Å². The van der Waals surface area contributed by atoms with E-state index in [0.717, 1.165) is 27.8 Å². The number of carbonyl (C=O) groups excluding carboxylic acids is 2. The van der Waals surface area contributed by atoms with Gasteiger partial charge in [-0.3, -0.25) is 9.59 Å². The fourth-order valence-electron chi connectivity index (χ4n) is 3.81. The van der Waals surface area contributed by atoms with Crippen LogP contribution in [0.1, 0.15) is 27.4 Å². The summed E-state index contributed by atoms with van der Waals surface area (Å²) in [5.41, 5.74) is 3.49. The van der Waals surface area contributed by atoms with Crippen LogP contribution in [0.2, 0.25) is 5.02 Å². The molecule has 0 radical (unpaired) electrons. The fourth-order valence-corrected chi connectivity index (χ4v) is 4.03. The Bertz CT molecular complexity index is 1270. The van der Waals surface area contributed by atoms with Gasteiger partial charge < -0.3 is 20.4 Å². The van der Waals surface area contributed by atoms with Gasteiger partial charge in [-0.15, -0.1) is 0 Å². The van der Waals surface area contributed by atoms with Crippen LogP contribution >= 0.6 is 11.6 Å². The highest BCUT2D eigenvalue weighted by molar-refractivity contribution is 6.33. The van der Waals surface area contributed by atoms with Gasteiger partial charge in [-0.25, -0.2) is 0 Å². The number of halogens is 1. The molecule has 4 aromatic rings. The van der Waals surface area contributed by atoms with E-state index in [9.17, 15) is 9.59 Å². The lowest BCUT2D eigenvalue weighted by Crippen LogP contribution is -2.38. The van der Waals surface area contributed by atoms with Gasteiger partial charge in [0.05, 0.1) is 24.2 Å². The average Bonchev–Trinajstić information content (AvgIpc) is 3.27. The van der Waals surface area contributed by atoms with E-state index in [1.807, 2.05) is 48.7 Å². The maximum atomic E-state index is 12.5. The van der Waals surface area contributed by atoms with Gasteiger partial charge in [-0.1, -0.05) is 54.1 Å². The van der Waals surface area contributed by atoms with Crippen molar-refractivity contribution in [2.75, 3.05) is 20.2 Å². The first-order chi connectivity index (χ1) is 16.1. The topological polar surface area (TPSA) is 83.2 Å². The summed E-state index contributed by atoms with van der Waals surface area (Å²) >= 11 is 6.06. The first kappa shape index (κ1) is 22.4. The van der Waals surface area contributed by atoms with Crippen LogP contribution in [-0.2, 0) is 4.79 Å². The van der Waals surface area contributed by atoms with Gasteiger partial charge >= 0.3 is 0 Å². The molecule has 0 aliphatic carbocycles. The van der Waals surface area contributed by atoms with Gasteiger partial charge in [0.2, 0.25) is 5.91 Å². The summed E-state index contributed by atoms with van der Waals surface area (Å²) in [5, 5.41) is 7.02. The van der Waals surface area contributed by atoms with Gasteiger partial charge in [0.1, 0.15) is 5.75 Å². The lowest BCUT2D eigenvalue weighted by atomic mass is 9.91. The van der Waals surface area contributed by atoms with Gasteiger partial charge in [-0.2, -0.15) is 0 Å². The SMILES string of the molecule is COc1ccc(C(CNC(=O)CNC(=O)c2ccccc2Cl)c2c[nH]c3ccccc23)cc1. The highest BCUT2D eigenvalue weighted by atomic mass is 35.5. The fraction of sp³-hybridized carbons (Fsp3) is 0.154. The first-order valence-electron chi connectivity index (χ1n) is 10.6. The predicted octanol–water partition coefficient (Wildman–Crippen LogP) is 4.51. The quantitative estimate of drug-likeness (QED) is 0.361. The monoisotopic (exact) mass is 461 g/mol. The van der Waals surface area contributed by atoms with E-state index in [-0.39, 0.29) is 24.3 Å². The Balaban J connectivity index is 1.48. The van der Waals surface area contributed by atoms with E-state index in [1.165, 1.54) is 0 Å². The highest BCUT2D eigenvalue weighted by Gasteiger charge is 2.20. The van der Waals surface area contributed by atoms with Gasteiger partial charge in [-0.05, 0) is 41.5 Å². The number of hydrogen-bond acceptors (Lipinski definition) is 3. The third kappa shape index (κ3) is 5.18. The molecule has 0 bridgehead atoms. The second kappa shape index (κ2) is 10.2. The molecule has 1 heterocycles. The molecule has 0 aliphatic heterocycles. The maximum Gasteiger partial charge on any atom is 0.253 e. The third-order valence-electron chi connectivity index (χ3n) is 5.55. The van der Waals surface area contributed by atoms with E-state index >= 15 is 0 Å². The Kier molecular flexibility index (Phi) is 6.95. The molecule has 1 aromatic heterocycles. The van der Waals surface area contributed by atoms with Crippen LogP contribution < -0.4 is 15.4 Å². The summed E-state index contributed by atoms with van der Waals surface area (Å²) in [7, 11) is 1.63. The van der Waals surface area contributed by atoms with E-state index in [4.69, 9.17) is 16.3 Å². The molecule has 33 heavy (non-hydrogen) atoms. The number of H-pyrrole nitrogens is 1. The second-order valence-corrected chi connectivity index (χ2v) is 7.99. The number of ether oxygens (including phenoxy) is 1. The van der Waals surface area contributed by atoms with Crippen LogP contribution in [0.25, 0.3) is 10.9 Å². The number of para-hydroxylation sites is 1. The van der Waals surface area contributed by atoms with E-state index in [2.05, 4.69) is 21.7 Å². The molecule has 2 amide bonds. The van der Waals surface area contributed by atoms with Gasteiger partial charge in [0.25, 0.3) is 5.91 Å². The number of carbonyl (C=O) groups is 2. The Morgan fingerprint density at radius 1 is 0.970 bits per heavy atom. The van der Waals surface area contributed by atoms with Crippen LogP contribution in [0.4, 0.5) is 0 Å². The van der Waals surface area contributed by atoms with Gasteiger partial charge in [0.15, 0.2) is 0 Å². The number of fused-ring (bicyclic) bond motifs is 1. The van der Waals surface area contributed by atoms with E-state index < -0.39 is 0 Å². The zero-order chi connectivity index (χ0) is 23.2. The number of benzene rings is 3. The van der Waals surface area contributed by atoms with Crippen LogP contribution in [0, 0.1) is 0 Å². The van der Waals surface area contributed by atoms with E-state index in [0.29, 0.717) is 17.1 Å². The molecule has 0 spiro atoms. The predicted molar refractivity (Wildman–Crippen MR) is 130 cm³/mol. The molecule has 3 N–H and O–H groups in total. The van der Waals surface area contributed by atoms with Crippen molar-refractivity contribution in [2.45, 2.75) is 5.92 Å². The Morgan fingerprint density at radius 3 is 2.45 bits per heavy atom. The van der Waals surface area contributed by atoms with Crippen molar-refractivity contribution in [1.29, 1.82) is 0 Å². The molecule has 1 atom stereocenters. The number of nitrogens with one attached hydrogen (secondary N) is 3. The number of rotatable bonds is 8. The summed E-state index contributed by atoms with van der Waals surface area (Å²) in [6.45, 7) is 0.224. The van der Waals surface area contributed by atoms with Crippen LogP contribution in [-0.4, -0.2) is 37.0 Å². The Labute approximate surface area is 196 Å². The summed E-state index contributed by atoms with van der Waals surface area (Å²) in [6, 6.07) is 22.6. The molecule has 3 aromatic carbocycles. The van der Waals surface area contributed by atoms with Crippen LogP contribution in [0.3, 0.4) is 0 Å². The lowest BCUT2D eigenvalue weighted by molar-refractivity contribution is -0.120. The van der Waals surface area contributed by atoms with Crippen molar-refractivity contribution < 1.29 is 14.3 Å². The molecule has 0 saturated heterocycles. The van der Waals surface area contributed by atoms with Gasteiger partial charge in [0, 0.05) is 29.6 Å². The zero-order valence-corrected chi connectivity index (χ0v) is 18.9. The van der Waals surface area contributed by atoms with Crippen LogP contribution in [0.15, 0.2) is 79.0 Å². The number of aromatic amines is 1. The lowest BCUT2D eigenvalue weighted by Gasteiger charge is -2.19. The standard InChI is InChI=1S/C26H24ClN3O3/c1-33-18-12-10-17(11-13-18)21(22-15-28-24-9-5-3-6-19(22)24)14-29-25(31)16-30-26(32)20-7-2-4-8-23(20)27/h2-13,15,21,28H,14,16H2,1H3,(H,29,31)(H,30,32). The minimum atomic E-state index is -0.390. The number of amides is 2. The molecule has 1 unspecified atom stereocenters. The second-order valence-electron chi connectivity index (χ2n) is 7.58. The normalized spacial score (nSPS) is 11.7. The highest BCUT2D eigenvalue weighted by Crippen LogP contribution is 2.31. The van der Waals surface area contributed by atoms with Crippen molar-refractivity contribution in [3.8, 4) is 5.75 Å². The summed E-state index contributed by atoms with van der Waals surface area (Å²) in [6.07, 6.45) is 1.98. The molecular weight excluding hydrogens is 438 g/mol. The smallest absolute Gasteiger partial charge is 0.253 e. The van der Waals surface area contributed by atoms with Crippen molar-refractivity contribution in [3.63, 3.8) is 0 Å². The summed E-state index contributed by atoms with van der Waals surface area (Å²) < 4.78 is 5.28. The number of hydrogen-bond donors (Lipinski definition) is 3. The number of aromatic nitrogens is 1. The maximum absolute atomic E-state index is 12.5. The van der Waals surface area contributed by atoms with Crippen molar-refractivity contribution in [3.05, 3.63) is 101 Å². The molecule has 0 saturated carbocycles. The molecule has 168 valence electrons. The minimum Gasteiger partial charge on any atom is -0.497 e. The summed E-state index contributed by atoms with van der Waals surface area (Å²) in [4.78, 5) is 28.2. The zero-order valence-electron chi connectivity index (χ0n) is 18.1. The molecular formula is C26H24ClN3O3. The Hall–Kier alpha value is -3.77. The molecule has 6 nitrogen and oxygen atoms in total. The number of methoxy groups -OCH3 is 1. The largest absolute Gasteiger partial charge is 0.497 e. The molecule has 0 fully saturated rings. The van der Waals surface area contributed by atoms with Crippen molar-refractivity contribution in [1.82, 2.24) is 15.6 Å². The molecule has 4 rings (SSSR count). The van der Waals surface area contributed by atoms with E-state index in [1.54, 1.807) is 31.4 Å². The van der Waals surface area contributed by atoms with Crippen molar-refractivity contribution >= 4 is 34.3 Å². The van der Waals surface area contributed by atoms with Crippen LogP contribution in [0.5, 0.6) is 5.75 Å². The minimum absolute atomic E-state index is 0.0877.